The monoisotopic (exact) mass is 590 g/mol. The summed E-state index contributed by atoms with van der Waals surface area (Å²) in [5, 5.41) is 10.7. The van der Waals surface area contributed by atoms with E-state index in [1.165, 1.54) is 70.4 Å². The molecule has 0 N–H and O–H groups in total. The van der Waals surface area contributed by atoms with Crippen LogP contribution in [0.5, 0.6) is 0 Å². The van der Waals surface area contributed by atoms with Gasteiger partial charge in [-0.05, 0) is 47.9 Å². The van der Waals surface area contributed by atoms with Crippen LogP contribution >= 0.6 is 0 Å². The molecular formula is C42H30N2Si. The van der Waals surface area contributed by atoms with Gasteiger partial charge in [-0.1, -0.05) is 143 Å². The fourth-order valence-electron chi connectivity index (χ4n) is 7.26. The highest BCUT2D eigenvalue weighted by molar-refractivity contribution is 6.95. The van der Waals surface area contributed by atoms with Crippen LogP contribution in [-0.4, -0.2) is 17.9 Å². The van der Waals surface area contributed by atoms with Crippen LogP contribution in [0.3, 0.4) is 0 Å². The molecule has 0 aliphatic rings. The number of hydrogen-bond donors (Lipinski definition) is 0. The number of fused-ring (bicyclic) bond motifs is 7. The minimum atomic E-state index is -1.61. The molecule has 0 fully saturated rings. The van der Waals surface area contributed by atoms with Crippen molar-refractivity contribution >= 4 is 67.8 Å². The normalized spacial score (nSPS) is 11.8. The molecule has 0 atom stereocenters. The predicted octanol–water partition coefficient (Wildman–Crippen LogP) is 8.13. The fourth-order valence-corrected chi connectivity index (χ4v) is 10.2. The van der Waals surface area contributed by atoms with Crippen LogP contribution in [0.25, 0.3) is 54.9 Å². The van der Waals surface area contributed by atoms with E-state index in [9.17, 15) is 0 Å². The predicted molar refractivity (Wildman–Crippen MR) is 194 cm³/mol. The first-order chi connectivity index (χ1) is 22.3. The quantitative estimate of drug-likeness (QED) is 0.142. The Morgan fingerprint density at radius 3 is 1.58 bits per heavy atom. The van der Waals surface area contributed by atoms with E-state index < -0.39 is 8.80 Å². The highest BCUT2D eigenvalue weighted by Gasteiger charge is 2.20. The number of rotatable bonds is 5. The Morgan fingerprint density at radius 1 is 0.333 bits per heavy atom. The zero-order valence-corrected chi connectivity index (χ0v) is 25.9. The molecule has 0 saturated carbocycles. The van der Waals surface area contributed by atoms with Crippen molar-refractivity contribution in [3.05, 3.63) is 176 Å². The van der Waals surface area contributed by atoms with Crippen LogP contribution in [-0.2, 0) is 0 Å². The summed E-state index contributed by atoms with van der Waals surface area (Å²) in [6, 6.07) is 62.4. The van der Waals surface area contributed by atoms with Crippen LogP contribution in [0.1, 0.15) is 0 Å². The number of nitrogens with zero attached hydrogens (tertiary/aromatic N) is 2. The van der Waals surface area contributed by atoms with Gasteiger partial charge in [-0.25, -0.2) is 0 Å². The molecule has 0 aliphatic heterocycles. The molecule has 212 valence electrons. The van der Waals surface area contributed by atoms with Crippen molar-refractivity contribution in [2.75, 3.05) is 0 Å². The number of para-hydroxylation sites is 2. The average Bonchev–Trinajstić information content (AvgIpc) is 3.70. The SMILES string of the molecule is c1ccc(-n2ccc3c4ccc5c6ccccc6n(-c6ccc([SiH](c7ccccc7)c7ccccc7)cc6)c5c4ccc32)cc1. The molecule has 0 aliphatic carbocycles. The van der Waals surface area contributed by atoms with Crippen molar-refractivity contribution in [1.29, 1.82) is 0 Å². The first-order valence-corrected chi connectivity index (χ1v) is 17.3. The van der Waals surface area contributed by atoms with E-state index in [0.29, 0.717) is 0 Å². The lowest BCUT2D eigenvalue weighted by Crippen LogP contribution is -2.51. The molecule has 2 aromatic heterocycles. The van der Waals surface area contributed by atoms with E-state index in [1.54, 1.807) is 0 Å². The van der Waals surface area contributed by atoms with Crippen LogP contribution in [0, 0.1) is 0 Å². The van der Waals surface area contributed by atoms with Crippen LogP contribution in [0.2, 0.25) is 0 Å². The third-order valence-electron chi connectivity index (χ3n) is 9.28. The van der Waals surface area contributed by atoms with Crippen molar-refractivity contribution < 1.29 is 0 Å². The van der Waals surface area contributed by atoms with Gasteiger partial charge in [-0.15, -0.1) is 0 Å². The molecule has 0 amide bonds. The molecule has 2 heterocycles. The Morgan fingerprint density at radius 2 is 0.867 bits per heavy atom. The maximum absolute atomic E-state index is 2.47. The lowest BCUT2D eigenvalue weighted by molar-refractivity contribution is 1.13. The largest absolute Gasteiger partial charge is 0.317 e. The van der Waals surface area contributed by atoms with Crippen molar-refractivity contribution in [2.24, 2.45) is 0 Å². The summed E-state index contributed by atoms with van der Waals surface area (Å²) in [5.41, 5.74) is 6.08. The Hall–Kier alpha value is -5.64. The summed E-state index contributed by atoms with van der Waals surface area (Å²) >= 11 is 0. The highest BCUT2D eigenvalue weighted by atomic mass is 28.3. The number of benzene rings is 7. The highest BCUT2D eigenvalue weighted by Crippen LogP contribution is 2.39. The smallest absolute Gasteiger partial charge is 0.132 e. The maximum Gasteiger partial charge on any atom is 0.132 e. The summed E-state index contributed by atoms with van der Waals surface area (Å²) in [6.07, 6.45) is 2.19. The summed E-state index contributed by atoms with van der Waals surface area (Å²) < 4.78 is 4.76. The Balaban J connectivity index is 1.25. The maximum atomic E-state index is 2.47. The van der Waals surface area contributed by atoms with Gasteiger partial charge in [0.1, 0.15) is 8.80 Å². The second-order valence-corrected chi connectivity index (χ2v) is 14.6. The molecule has 9 rings (SSSR count). The molecule has 0 spiro atoms. The molecule has 2 nitrogen and oxygen atoms in total. The summed E-state index contributed by atoms with van der Waals surface area (Å²) in [7, 11) is -1.61. The Kier molecular flexibility index (Phi) is 6.03. The van der Waals surface area contributed by atoms with E-state index in [4.69, 9.17) is 0 Å². The topological polar surface area (TPSA) is 9.86 Å². The molecule has 9 aromatic rings. The minimum Gasteiger partial charge on any atom is -0.317 e. The Labute approximate surface area is 263 Å². The summed E-state index contributed by atoms with van der Waals surface area (Å²) in [4.78, 5) is 0. The third kappa shape index (κ3) is 4.16. The molecule has 0 radical (unpaired) electrons. The third-order valence-corrected chi connectivity index (χ3v) is 12.4. The van der Waals surface area contributed by atoms with E-state index in [-0.39, 0.29) is 0 Å². The Bertz CT molecular complexity index is 2420. The van der Waals surface area contributed by atoms with Gasteiger partial charge >= 0.3 is 0 Å². The number of aromatic nitrogens is 2. The van der Waals surface area contributed by atoms with Gasteiger partial charge in [0.2, 0.25) is 0 Å². The molecular weight excluding hydrogens is 561 g/mol. The van der Waals surface area contributed by atoms with Gasteiger partial charge in [-0.2, -0.15) is 0 Å². The zero-order chi connectivity index (χ0) is 29.7. The van der Waals surface area contributed by atoms with Crippen molar-refractivity contribution in [1.82, 2.24) is 9.13 Å². The second-order valence-electron chi connectivity index (χ2n) is 11.8. The van der Waals surface area contributed by atoms with Crippen LogP contribution < -0.4 is 15.6 Å². The number of hydrogen-bond acceptors (Lipinski definition) is 0. The van der Waals surface area contributed by atoms with Gasteiger partial charge < -0.3 is 9.13 Å². The molecule has 0 saturated heterocycles. The van der Waals surface area contributed by atoms with E-state index in [2.05, 4.69) is 185 Å². The summed E-state index contributed by atoms with van der Waals surface area (Å²) in [6.45, 7) is 0. The van der Waals surface area contributed by atoms with Gasteiger partial charge in [0.25, 0.3) is 0 Å². The van der Waals surface area contributed by atoms with Crippen molar-refractivity contribution in [3.8, 4) is 11.4 Å². The van der Waals surface area contributed by atoms with Crippen LogP contribution in [0.15, 0.2) is 176 Å². The van der Waals surface area contributed by atoms with E-state index >= 15 is 0 Å². The van der Waals surface area contributed by atoms with E-state index in [0.717, 1.165) is 0 Å². The molecule has 45 heavy (non-hydrogen) atoms. The van der Waals surface area contributed by atoms with Gasteiger partial charge in [-0.3, -0.25) is 0 Å². The second kappa shape index (κ2) is 10.5. The molecule has 0 unspecified atom stereocenters. The van der Waals surface area contributed by atoms with Gasteiger partial charge in [0.15, 0.2) is 0 Å². The van der Waals surface area contributed by atoms with Crippen molar-refractivity contribution in [3.63, 3.8) is 0 Å². The van der Waals surface area contributed by atoms with Gasteiger partial charge in [0, 0.05) is 39.1 Å². The molecule has 0 bridgehead atoms. The zero-order valence-electron chi connectivity index (χ0n) is 24.7. The standard InChI is InChI=1S/C42H30N2Si/c1-4-12-30(13-5-1)43-29-28-37-35-24-25-39-36-18-10-11-19-41(36)44(42(39)38(35)26-27-40(37)43)31-20-22-34(23-21-31)45(32-14-6-2-7-15-32)33-16-8-3-9-17-33/h1-29,45H. The van der Waals surface area contributed by atoms with Crippen molar-refractivity contribution in [2.45, 2.75) is 0 Å². The fraction of sp³-hybridized carbons (Fsp3) is 0. The van der Waals surface area contributed by atoms with Crippen LogP contribution in [0.4, 0.5) is 0 Å². The van der Waals surface area contributed by atoms with E-state index in [1.807, 2.05) is 0 Å². The average molecular weight is 591 g/mol. The first kappa shape index (κ1) is 25.8. The lowest BCUT2D eigenvalue weighted by Gasteiger charge is -2.18. The molecule has 7 aromatic carbocycles. The van der Waals surface area contributed by atoms with Gasteiger partial charge in [0.05, 0.1) is 16.6 Å². The summed E-state index contributed by atoms with van der Waals surface area (Å²) in [5.74, 6) is 0. The lowest BCUT2D eigenvalue weighted by atomic mass is 10.0. The minimum absolute atomic E-state index is 1.18. The molecule has 3 heteroatoms. The first-order valence-electron chi connectivity index (χ1n) is 15.6.